The predicted octanol–water partition coefficient (Wildman–Crippen LogP) is 2.96. The average molecular weight is 232 g/mol. The Morgan fingerprint density at radius 3 is 2.76 bits per heavy atom. The summed E-state index contributed by atoms with van der Waals surface area (Å²) in [5.41, 5.74) is 2.80. The summed E-state index contributed by atoms with van der Waals surface area (Å²) in [5.74, 6) is 0. The highest BCUT2D eigenvalue weighted by atomic mass is 15.2. The van der Waals surface area contributed by atoms with Crippen molar-refractivity contribution in [1.82, 2.24) is 5.32 Å². The Morgan fingerprint density at radius 2 is 2.12 bits per heavy atom. The SMILES string of the molecule is CCN(c1ccccc1C)C1CCNC(C)C1. The highest BCUT2D eigenvalue weighted by Crippen LogP contribution is 2.25. The van der Waals surface area contributed by atoms with E-state index in [9.17, 15) is 0 Å². The van der Waals surface area contributed by atoms with Crippen LogP contribution < -0.4 is 10.2 Å². The Morgan fingerprint density at radius 1 is 1.35 bits per heavy atom. The highest BCUT2D eigenvalue weighted by molar-refractivity contribution is 5.53. The number of nitrogens with zero attached hydrogens (tertiary/aromatic N) is 1. The lowest BCUT2D eigenvalue weighted by molar-refractivity contribution is 0.365. The number of aryl methyl sites for hydroxylation is 1. The molecule has 1 heterocycles. The van der Waals surface area contributed by atoms with Gasteiger partial charge in [0.05, 0.1) is 0 Å². The van der Waals surface area contributed by atoms with Crippen LogP contribution in [0.25, 0.3) is 0 Å². The van der Waals surface area contributed by atoms with E-state index >= 15 is 0 Å². The maximum Gasteiger partial charge on any atom is 0.0398 e. The number of para-hydroxylation sites is 1. The molecule has 1 aliphatic rings. The van der Waals surface area contributed by atoms with Gasteiger partial charge in [-0.15, -0.1) is 0 Å². The van der Waals surface area contributed by atoms with Crippen LogP contribution in [0.3, 0.4) is 0 Å². The fraction of sp³-hybridized carbons (Fsp3) is 0.600. The number of hydrogen-bond acceptors (Lipinski definition) is 2. The first-order chi connectivity index (χ1) is 8.22. The van der Waals surface area contributed by atoms with Gasteiger partial charge in [0, 0.05) is 24.3 Å². The molecule has 0 aromatic heterocycles. The number of hydrogen-bond donors (Lipinski definition) is 1. The molecule has 94 valence electrons. The van der Waals surface area contributed by atoms with E-state index in [2.05, 4.69) is 55.3 Å². The van der Waals surface area contributed by atoms with E-state index in [-0.39, 0.29) is 0 Å². The third-order valence-corrected chi connectivity index (χ3v) is 3.80. The number of rotatable bonds is 3. The topological polar surface area (TPSA) is 15.3 Å². The molecule has 1 saturated heterocycles. The van der Waals surface area contributed by atoms with Gasteiger partial charge in [-0.1, -0.05) is 18.2 Å². The second-order valence-electron chi connectivity index (χ2n) is 5.11. The molecule has 0 amide bonds. The van der Waals surface area contributed by atoms with Crippen LogP contribution in [0, 0.1) is 6.92 Å². The molecule has 2 rings (SSSR count). The number of piperidine rings is 1. The van der Waals surface area contributed by atoms with Gasteiger partial charge in [0.15, 0.2) is 0 Å². The van der Waals surface area contributed by atoms with Crippen molar-refractivity contribution in [3.05, 3.63) is 29.8 Å². The van der Waals surface area contributed by atoms with E-state index in [0.717, 1.165) is 13.1 Å². The summed E-state index contributed by atoms with van der Waals surface area (Å²) in [6, 6.07) is 10.1. The van der Waals surface area contributed by atoms with Crippen LogP contribution in [-0.4, -0.2) is 25.2 Å². The first-order valence-corrected chi connectivity index (χ1v) is 6.78. The molecular weight excluding hydrogens is 208 g/mol. The van der Waals surface area contributed by atoms with Crippen LogP contribution in [0.15, 0.2) is 24.3 Å². The molecule has 0 saturated carbocycles. The average Bonchev–Trinajstić information content (AvgIpc) is 2.33. The van der Waals surface area contributed by atoms with Gasteiger partial charge in [-0.25, -0.2) is 0 Å². The summed E-state index contributed by atoms with van der Waals surface area (Å²) in [6.07, 6.45) is 2.51. The van der Waals surface area contributed by atoms with Gasteiger partial charge in [-0.05, 0) is 51.8 Å². The van der Waals surface area contributed by atoms with E-state index < -0.39 is 0 Å². The lowest BCUT2D eigenvalue weighted by atomic mass is 9.97. The van der Waals surface area contributed by atoms with Gasteiger partial charge in [0.1, 0.15) is 0 Å². The van der Waals surface area contributed by atoms with Gasteiger partial charge in [-0.3, -0.25) is 0 Å². The van der Waals surface area contributed by atoms with E-state index in [1.807, 2.05) is 0 Å². The molecule has 0 radical (unpaired) electrons. The summed E-state index contributed by atoms with van der Waals surface area (Å²) in [7, 11) is 0. The molecule has 0 spiro atoms. The van der Waals surface area contributed by atoms with Gasteiger partial charge in [-0.2, -0.15) is 0 Å². The monoisotopic (exact) mass is 232 g/mol. The molecule has 2 heteroatoms. The van der Waals surface area contributed by atoms with Crippen molar-refractivity contribution < 1.29 is 0 Å². The zero-order valence-electron chi connectivity index (χ0n) is 11.2. The second kappa shape index (κ2) is 5.54. The third kappa shape index (κ3) is 2.81. The molecule has 1 aliphatic heterocycles. The van der Waals surface area contributed by atoms with E-state index in [0.29, 0.717) is 12.1 Å². The molecule has 0 aliphatic carbocycles. The fourth-order valence-electron chi connectivity index (χ4n) is 2.90. The van der Waals surface area contributed by atoms with Gasteiger partial charge >= 0.3 is 0 Å². The van der Waals surface area contributed by atoms with Crippen molar-refractivity contribution in [2.45, 2.75) is 45.7 Å². The van der Waals surface area contributed by atoms with Gasteiger partial charge in [0.25, 0.3) is 0 Å². The molecule has 1 aromatic carbocycles. The zero-order chi connectivity index (χ0) is 12.3. The lowest BCUT2D eigenvalue weighted by Gasteiger charge is -2.38. The number of benzene rings is 1. The third-order valence-electron chi connectivity index (χ3n) is 3.80. The first-order valence-electron chi connectivity index (χ1n) is 6.78. The molecular formula is C15H24N2. The van der Waals surface area contributed by atoms with Crippen molar-refractivity contribution >= 4 is 5.69 Å². The number of nitrogens with one attached hydrogen (secondary N) is 1. The summed E-state index contributed by atoms with van der Waals surface area (Å²) in [4.78, 5) is 2.58. The van der Waals surface area contributed by atoms with Crippen molar-refractivity contribution in [3.8, 4) is 0 Å². The Bertz CT molecular complexity index is 362. The summed E-state index contributed by atoms with van der Waals surface area (Å²) >= 11 is 0. The normalized spacial score (nSPS) is 24.6. The van der Waals surface area contributed by atoms with Crippen LogP contribution in [-0.2, 0) is 0 Å². The predicted molar refractivity (Wildman–Crippen MR) is 74.7 cm³/mol. The van der Waals surface area contributed by atoms with Gasteiger partial charge < -0.3 is 10.2 Å². The van der Waals surface area contributed by atoms with Crippen LogP contribution in [0.2, 0.25) is 0 Å². The molecule has 1 fully saturated rings. The Hall–Kier alpha value is -1.02. The van der Waals surface area contributed by atoms with Crippen molar-refractivity contribution in [2.24, 2.45) is 0 Å². The molecule has 2 nitrogen and oxygen atoms in total. The molecule has 0 bridgehead atoms. The molecule has 1 N–H and O–H groups in total. The van der Waals surface area contributed by atoms with Gasteiger partial charge in [0.2, 0.25) is 0 Å². The van der Waals surface area contributed by atoms with Crippen molar-refractivity contribution in [1.29, 1.82) is 0 Å². The second-order valence-corrected chi connectivity index (χ2v) is 5.11. The highest BCUT2D eigenvalue weighted by Gasteiger charge is 2.24. The molecule has 1 aromatic rings. The fourth-order valence-corrected chi connectivity index (χ4v) is 2.90. The first kappa shape index (κ1) is 12.4. The van der Waals surface area contributed by atoms with Crippen molar-refractivity contribution in [3.63, 3.8) is 0 Å². The van der Waals surface area contributed by atoms with E-state index in [1.165, 1.54) is 24.1 Å². The van der Waals surface area contributed by atoms with Crippen molar-refractivity contribution in [2.75, 3.05) is 18.0 Å². The van der Waals surface area contributed by atoms with Crippen LogP contribution in [0.4, 0.5) is 5.69 Å². The maximum absolute atomic E-state index is 3.53. The van der Waals surface area contributed by atoms with Crippen LogP contribution in [0.5, 0.6) is 0 Å². The van der Waals surface area contributed by atoms with E-state index in [4.69, 9.17) is 0 Å². The summed E-state index contributed by atoms with van der Waals surface area (Å²) in [6.45, 7) is 9.01. The smallest absolute Gasteiger partial charge is 0.0398 e. The Labute approximate surface area is 105 Å². The van der Waals surface area contributed by atoms with E-state index in [1.54, 1.807) is 0 Å². The van der Waals surface area contributed by atoms with Crippen LogP contribution in [0.1, 0.15) is 32.3 Å². The Kier molecular flexibility index (Phi) is 4.06. The minimum Gasteiger partial charge on any atom is -0.369 e. The maximum atomic E-state index is 3.53. The minimum absolute atomic E-state index is 0.645. The lowest BCUT2D eigenvalue weighted by Crippen LogP contribution is -2.47. The largest absolute Gasteiger partial charge is 0.369 e. The molecule has 2 atom stereocenters. The standard InChI is InChI=1S/C15H24N2/c1-4-17(14-9-10-16-13(3)11-14)15-8-6-5-7-12(15)2/h5-8,13-14,16H,4,9-11H2,1-3H3. The molecule has 2 unspecified atom stereocenters. The number of anilines is 1. The summed E-state index contributed by atoms with van der Waals surface area (Å²) < 4.78 is 0. The molecule has 17 heavy (non-hydrogen) atoms. The zero-order valence-corrected chi connectivity index (χ0v) is 11.2. The quantitative estimate of drug-likeness (QED) is 0.862. The van der Waals surface area contributed by atoms with Crippen LogP contribution >= 0.6 is 0 Å². The minimum atomic E-state index is 0.645. The summed E-state index contributed by atoms with van der Waals surface area (Å²) in [5, 5.41) is 3.53. The Balaban J connectivity index is 2.18.